The quantitative estimate of drug-likeness (QED) is 0.274. The van der Waals surface area contributed by atoms with Gasteiger partial charge in [-0.15, -0.1) is 0 Å². The number of methoxy groups -OCH3 is 1. The van der Waals surface area contributed by atoms with Crippen LogP contribution < -0.4 is 24.8 Å². The fraction of sp³-hybridized carbons (Fsp3) is 0.721. The second kappa shape index (κ2) is 16.2. The molecule has 9 unspecified atom stereocenters. The van der Waals surface area contributed by atoms with Gasteiger partial charge in [-0.3, -0.25) is 19.1 Å². The fourth-order valence-electron chi connectivity index (χ4n) is 10.1. The number of aromatic nitrogens is 2. The fourth-order valence-corrected chi connectivity index (χ4v) is 11.4. The minimum absolute atomic E-state index is 0.0597. The molecule has 4 amide bonds. The van der Waals surface area contributed by atoms with Crippen LogP contribution in [0.3, 0.4) is 0 Å². The summed E-state index contributed by atoms with van der Waals surface area (Å²) < 4.78 is 105. The zero-order valence-electron chi connectivity index (χ0n) is 36.1. The van der Waals surface area contributed by atoms with Gasteiger partial charge in [-0.25, -0.2) is 32.0 Å². The number of amides is 4. The number of ether oxygens (including phenoxy) is 3. The highest BCUT2D eigenvalue weighted by Gasteiger charge is 2.64. The molecule has 2 aromatic rings. The Labute approximate surface area is 363 Å². The molecule has 4 aliphatic carbocycles. The van der Waals surface area contributed by atoms with E-state index in [1.54, 1.807) is 26.8 Å². The Bertz CT molecular complexity index is 2280. The third-order valence-electron chi connectivity index (χ3n) is 14.4. The van der Waals surface area contributed by atoms with Gasteiger partial charge >= 0.3 is 6.09 Å². The Balaban J connectivity index is 1.16. The highest BCUT2D eigenvalue weighted by molar-refractivity contribution is 7.91. The summed E-state index contributed by atoms with van der Waals surface area (Å²) in [5, 5.41) is 5.29. The van der Waals surface area contributed by atoms with Crippen LogP contribution in [0.2, 0.25) is 0 Å². The summed E-state index contributed by atoms with van der Waals surface area (Å²) in [6.07, 6.45) is -3.35. The van der Waals surface area contributed by atoms with Crippen molar-refractivity contribution in [3.8, 4) is 11.6 Å². The molecule has 346 valence electrons. The van der Waals surface area contributed by atoms with E-state index in [9.17, 15) is 36.4 Å². The highest BCUT2D eigenvalue weighted by atomic mass is 32.2. The van der Waals surface area contributed by atoms with Crippen LogP contribution in [0.5, 0.6) is 11.6 Å². The van der Waals surface area contributed by atoms with Crippen molar-refractivity contribution in [1.82, 2.24) is 30.2 Å². The van der Waals surface area contributed by atoms with Crippen LogP contribution in [0.1, 0.15) is 110 Å². The van der Waals surface area contributed by atoms with Crippen molar-refractivity contribution in [2.75, 3.05) is 13.7 Å². The van der Waals surface area contributed by atoms with Gasteiger partial charge in [-0.05, 0) is 99.5 Å². The van der Waals surface area contributed by atoms with Crippen molar-refractivity contribution in [1.29, 1.82) is 0 Å². The smallest absolute Gasteiger partial charge is 0.408 e. The molecule has 0 spiro atoms. The first-order chi connectivity index (χ1) is 29.5. The molecule has 4 saturated carbocycles. The van der Waals surface area contributed by atoms with Gasteiger partial charge < -0.3 is 29.7 Å². The number of carbonyl (C=O) groups is 4. The van der Waals surface area contributed by atoms with Crippen LogP contribution in [0, 0.1) is 29.1 Å². The van der Waals surface area contributed by atoms with Crippen LogP contribution in [0.4, 0.5) is 22.4 Å². The van der Waals surface area contributed by atoms with E-state index in [0.717, 1.165) is 17.7 Å². The molecule has 8 rings (SSSR count). The number of fused-ring (bicyclic) bond motifs is 7. The molecule has 1 aromatic heterocycles. The lowest BCUT2D eigenvalue weighted by molar-refractivity contribution is -0.143. The number of hydrogen-bond donors (Lipinski definition) is 3. The van der Waals surface area contributed by atoms with E-state index in [1.165, 1.54) is 26.2 Å². The lowest BCUT2D eigenvalue weighted by atomic mass is 9.71. The molecular weight excluding hydrogens is 853 g/mol. The molecule has 15 nitrogen and oxygen atoms in total. The summed E-state index contributed by atoms with van der Waals surface area (Å²) in [6, 6.07) is 1.73. The number of hydrogen-bond acceptors (Lipinski definition) is 11. The van der Waals surface area contributed by atoms with E-state index in [0.29, 0.717) is 30.9 Å². The summed E-state index contributed by atoms with van der Waals surface area (Å²) >= 11 is 0. The van der Waals surface area contributed by atoms with Gasteiger partial charge in [0.25, 0.3) is 11.8 Å². The van der Waals surface area contributed by atoms with Gasteiger partial charge in [0, 0.05) is 25.3 Å². The summed E-state index contributed by atoms with van der Waals surface area (Å²) in [6.45, 7) is 6.14. The zero-order chi connectivity index (χ0) is 45.4. The number of sulfonamides is 1. The van der Waals surface area contributed by atoms with E-state index in [4.69, 9.17) is 14.2 Å². The van der Waals surface area contributed by atoms with Crippen LogP contribution >= 0.6 is 0 Å². The second-order valence-corrected chi connectivity index (χ2v) is 22.0. The summed E-state index contributed by atoms with van der Waals surface area (Å²) in [4.78, 5) is 66.9. The third-order valence-corrected chi connectivity index (χ3v) is 16.6. The highest BCUT2D eigenvalue weighted by Crippen LogP contribution is 2.54. The van der Waals surface area contributed by atoms with Crippen molar-refractivity contribution in [3.05, 3.63) is 23.9 Å². The molecular formula is C43H56F4N6O9S. The minimum Gasteiger partial charge on any atom is -0.497 e. The second-order valence-electron chi connectivity index (χ2n) is 19.8. The predicted octanol–water partition coefficient (Wildman–Crippen LogP) is 5.74. The molecule has 6 aliphatic rings. The maximum absolute atomic E-state index is 16.5. The molecule has 1 saturated heterocycles. The summed E-state index contributed by atoms with van der Waals surface area (Å²) in [5.74, 6) is -7.23. The van der Waals surface area contributed by atoms with Gasteiger partial charge in [0.2, 0.25) is 34.1 Å². The first kappa shape index (κ1) is 45.1. The van der Waals surface area contributed by atoms with E-state index in [1.807, 2.05) is 4.72 Å². The molecule has 9 atom stereocenters. The summed E-state index contributed by atoms with van der Waals surface area (Å²) in [5.41, 5.74) is -3.47. The maximum atomic E-state index is 16.5. The Kier molecular flexibility index (Phi) is 11.6. The van der Waals surface area contributed by atoms with E-state index in [-0.39, 0.29) is 55.0 Å². The molecule has 63 heavy (non-hydrogen) atoms. The number of rotatable bonds is 8. The average molecular weight is 909 g/mol. The summed E-state index contributed by atoms with van der Waals surface area (Å²) in [7, 11) is -2.82. The third kappa shape index (κ3) is 8.73. The molecule has 1 aromatic carbocycles. The van der Waals surface area contributed by atoms with Crippen LogP contribution in [0.15, 0.2) is 18.2 Å². The number of alkyl halides is 4. The van der Waals surface area contributed by atoms with E-state index >= 15 is 8.78 Å². The number of halogens is 4. The van der Waals surface area contributed by atoms with Crippen LogP contribution in [-0.4, -0.2) is 102 Å². The molecule has 0 radical (unpaired) electrons. The number of carbonyl (C=O) groups excluding carboxylic acids is 4. The van der Waals surface area contributed by atoms with Crippen LogP contribution in [0.25, 0.3) is 11.0 Å². The average Bonchev–Trinajstić information content (AvgIpc) is 4.04. The number of benzene rings is 1. The Hall–Kier alpha value is -4.49. The van der Waals surface area contributed by atoms with Gasteiger partial charge in [-0.2, -0.15) is 8.78 Å². The van der Waals surface area contributed by atoms with Gasteiger partial charge in [0.1, 0.15) is 35.6 Å². The largest absolute Gasteiger partial charge is 0.497 e. The van der Waals surface area contributed by atoms with Crippen molar-refractivity contribution >= 4 is 44.9 Å². The van der Waals surface area contributed by atoms with Gasteiger partial charge in [-0.1, -0.05) is 27.2 Å². The SMILES string of the molecule is COc1ccc2nc3c(nc2c1)OC1CC(C(=O)NC2(C(=O)NS(=O)(=O)C4(C)CC4)CC2CC(F)F)N(C1)C(=O)C(C(C)(C)C)NC(=O)OC1CC2CCC2C1CCCCC3(F)F. The number of alkyl carbamates (subject to hydrolysis) is 1. The molecule has 2 aliphatic heterocycles. The molecule has 3 N–H and O–H groups in total. The Morgan fingerprint density at radius 1 is 1.02 bits per heavy atom. The van der Waals surface area contributed by atoms with Crippen molar-refractivity contribution in [2.24, 2.45) is 29.1 Å². The Morgan fingerprint density at radius 2 is 1.76 bits per heavy atom. The van der Waals surface area contributed by atoms with E-state index in [2.05, 4.69) is 20.6 Å². The lowest BCUT2D eigenvalue weighted by Crippen LogP contribution is -2.60. The van der Waals surface area contributed by atoms with Gasteiger partial charge in [0.15, 0.2) is 5.69 Å². The topological polar surface area (TPSA) is 195 Å². The molecule has 20 heteroatoms. The molecule has 3 heterocycles. The van der Waals surface area contributed by atoms with Crippen molar-refractivity contribution in [3.63, 3.8) is 0 Å². The molecule has 2 bridgehead atoms. The van der Waals surface area contributed by atoms with E-state index < -0.39 is 123 Å². The maximum Gasteiger partial charge on any atom is 0.408 e. The predicted molar refractivity (Wildman–Crippen MR) is 218 cm³/mol. The minimum atomic E-state index is -4.25. The van der Waals surface area contributed by atoms with Crippen molar-refractivity contribution < 1.29 is 59.4 Å². The van der Waals surface area contributed by atoms with Crippen molar-refractivity contribution in [2.45, 2.75) is 152 Å². The normalized spacial score (nSPS) is 32.6. The first-order valence-electron chi connectivity index (χ1n) is 21.9. The van der Waals surface area contributed by atoms with Crippen LogP contribution in [-0.2, 0) is 35.1 Å². The Morgan fingerprint density at radius 3 is 2.41 bits per heavy atom. The van der Waals surface area contributed by atoms with Gasteiger partial charge in [0.05, 0.1) is 29.4 Å². The first-order valence-corrected chi connectivity index (χ1v) is 23.4. The number of nitrogens with zero attached hydrogens (tertiary/aromatic N) is 3. The molecule has 5 fully saturated rings. The zero-order valence-corrected chi connectivity index (χ0v) is 36.9. The standard InChI is InChI=1S/C43H56F4N6O9S/c1-40(2,3)34-37(55)53-21-25(19-30(53)35(54)51-42(20-23(42)17-32(44)45)38(56)52-63(58,59)41(4)14-15-41)61-36-33(48-28-12-10-24(60-5)18-29(28)49-36)43(46,47)13-7-6-8-27-26-11-9-22(26)16-31(27)62-39(57)50-34/h10,12,18,22-23,25-27,30-32,34H,6-9,11,13-17,19-21H2,1-5H3,(H,50,57)(H,51,54)(H,52,56). The lowest BCUT2D eigenvalue weighted by Gasteiger charge is -2.36. The monoisotopic (exact) mass is 908 g/mol. The number of nitrogens with one attached hydrogen (secondary N) is 3.